The van der Waals surface area contributed by atoms with E-state index >= 15 is 0 Å². The van der Waals surface area contributed by atoms with E-state index in [1.807, 2.05) is 0 Å². The Balaban J connectivity index is -0.000000427. The second-order valence-corrected chi connectivity index (χ2v) is 5.46. The summed E-state index contributed by atoms with van der Waals surface area (Å²) in [7, 11) is -4.48. The van der Waals surface area contributed by atoms with Crippen molar-refractivity contribution in [2.24, 2.45) is 0 Å². The number of hydrogen-bond donors (Lipinski definition) is 1. The van der Waals surface area contributed by atoms with Crippen molar-refractivity contribution >= 4 is 10.4 Å². The molecule has 0 saturated heterocycles. The van der Waals surface area contributed by atoms with Crippen molar-refractivity contribution in [2.45, 2.75) is 71.1 Å². The molecule has 0 aliphatic carbocycles. The predicted molar refractivity (Wildman–Crippen MR) is 73.5 cm³/mol. The van der Waals surface area contributed by atoms with Gasteiger partial charge in [-0.2, -0.15) is 0 Å². The molecule has 0 aliphatic rings. The average Bonchev–Trinajstić information content (AvgIpc) is 2.24. The van der Waals surface area contributed by atoms with Crippen LogP contribution in [0.25, 0.3) is 0 Å². The SMILES string of the molecule is CCCCCCCCCCCCOS(=O)(=O)[O-].[Cl-].[NH4+].[Na+]. The Morgan fingerprint density at radius 1 is 0.850 bits per heavy atom. The van der Waals surface area contributed by atoms with Crippen molar-refractivity contribution in [3.63, 3.8) is 0 Å². The zero-order valence-corrected chi connectivity index (χ0v) is 16.8. The molecular weight excluding hydrogens is 313 g/mol. The Bertz CT molecular complexity index is 266. The van der Waals surface area contributed by atoms with Gasteiger partial charge in [0.25, 0.3) is 0 Å². The normalized spacial score (nSPS) is 10.1. The molecule has 0 heterocycles. The van der Waals surface area contributed by atoms with Gasteiger partial charge in [-0.1, -0.05) is 64.7 Å². The topological polar surface area (TPSA) is 103 Å². The van der Waals surface area contributed by atoms with Crippen LogP contribution < -0.4 is 48.1 Å². The first-order valence-corrected chi connectivity index (χ1v) is 8.00. The van der Waals surface area contributed by atoms with Gasteiger partial charge < -0.3 is 23.1 Å². The summed E-state index contributed by atoms with van der Waals surface area (Å²) in [6.45, 7) is 2.24. The van der Waals surface area contributed by atoms with Gasteiger partial charge in [-0.3, -0.25) is 4.18 Å². The molecule has 0 rings (SSSR count). The van der Waals surface area contributed by atoms with E-state index in [1.165, 1.54) is 44.9 Å². The van der Waals surface area contributed by atoms with E-state index in [4.69, 9.17) is 0 Å². The predicted octanol–water partition coefficient (Wildman–Crippen LogP) is -2.23. The van der Waals surface area contributed by atoms with E-state index in [1.54, 1.807) is 0 Å². The maximum atomic E-state index is 10.1. The standard InChI is InChI=1S/C12H26O4S.ClH.H3N.Na/c1-2-3-4-5-6-7-8-9-10-11-12-16-17(13,14)15;;;/h2-12H2,1H3,(H,13,14,15);1H;1H3;/q;;;+1/p-1. The molecule has 0 amide bonds. The average molecular weight is 342 g/mol. The van der Waals surface area contributed by atoms with Crippen LogP contribution in [0, 0.1) is 0 Å². The zero-order chi connectivity index (χ0) is 13.0. The Kier molecular flexibility index (Phi) is 29.3. The van der Waals surface area contributed by atoms with Gasteiger partial charge in [0.1, 0.15) is 0 Å². The molecule has 0 saturated carbocycles. The summed E-state index contributed by atoms with van der Waals surface area (Å²) in [4.78, 5) is 0. The summed E-state index contributed by atoms with van der Waals surface area (Å²) >= 11 is 0. The van der Waals surface area contributed by atoms with E-state index in [-0.39, 0.29) is 54.7 Å². The molecule has 120 valence electrons. The van der Waals surface area contributed by atoms with Crippen LogP contribution in [0.15, 0.2) is 0 Å². The van der Waals surface area contributed by atoms with E-state index < -0.39 is 10.4 Å². The number of hydrogen-bond acceptors (Lipinski definition) is 4. The van der Waals surface area contributed by atoms with Gasteiger partial charge in [0.2, 0.25) is 10.4 Å². The molecule has 0 radical (unpaired) electrons. The van der Waals surface area contributed by atoms with Crippen molar-refractivity contribution in [3.05, 3.63) is 0 Å². The van der Waals surface area contributed by atoms with Crippen molar-refractivity contribution in [2.75, 3.05) is 6.61 Å². The second kappa shape index (κ2) is 20.1. The van der Waals surface area contributed by atoms with Crippen molar-refractivity contribution in [1.82, 2.24) is 6.15 Å². The zero-order valence-electron chi connectivity index (χ0n) is 13.2. The largest absolute Gasteiger partial charge is 1.00 e. The van der Waals surface area contributed by atoms with E-state index in [9.17, 15) is 13.0 Å². The van der Waals surface area contributed by atoms with Crippen molar-refractivity contribution in [3.8, 4) is 0 Å². The van der Waals surface area contributed by atoms with Crippen LogP contribution in [-0.4, -0.2) is 19.6 Å². The van der Waals surface area contributed by atoms with Gasteiger partial charge >= 0.3 is 29.6 Å². The fourth-order valence-corrected chi connectivity index (χ4v) is 2.07. The Morgan fingerprint density at radius 3 is 1.55 bits per heavy atom. The number of unbranched alkanes of at least 4 members (excludes halogenated alkanes) is 9. The Hall–Kier alpha value is 1.12. The van der Waals surface area contributed by atoms with E-state index in [0.717, 1.165) is 12.8 Å². The second-order valence-electron chi connectivity index (χ2n) is 4.41. The van der Waals surface area contributed by atoms with Crippen LogP contribution in [-0.2, 0) is 14.6 Å². The van der Waals surface area contributed by atoms with E-state index in [0.29, 0.717) is 6.42 Å². The van der Waals surface area contributed by atoms with Crippen molar-refractivity contribution < 1.29 is 59.1 Å². The molecule has 20 heavy (non-hydrogen) atoms. The van der Waals surface area contributed by atoms with Gasteiger partial charge in [-0.15, -0.1) is 0 Å². The fraction of sp³-hybridized carbons (Fsp3) is 1.00. The number of quaternary nitrogens is 1. The van der Waals surface area contributed by atoms with Crippen LogP contribution in [0.2, 0.25) is 0 Å². The molecule has 0 aromatic rings. The summed E-state index contributed by atoms with van der Waals surface area (Å²) in [5.74, 6) is 0. The molecule has 0 unspecified atom stereocenters. The molecule has 8 heteroatoms. The van der Waals surface area contributed by atoms with Gasteiger partial charge in [-0.25, -0.2) is 8.42 Å². The first-order valence-electron chi connectivity index (χ1n) is 6.66. The van der Waals surface area contributed by atoms with Gasteiger partial charge in [0, 0.05) is 0 Å². The van der Waals surface area contributed by atoms with Gasteiger partial charge in [-0.05, 0) is 6.42 Å². The first kappa shape index (κ1) is 29.2. The summed E-state index contributed by atoms with van der Waals surface area (Å²) in [5, 5.41) is 0. The molecular formula is C12H29ClNNaO4S. The maximum absolute atomic E-state index is 10.1. The molecule has 0 atom stereocenters. The Morgan fingerprint density at radius 2 is 1.20 bits per heavy atom. The molecule has 0 fully saturated rings. The minimum absolute atomic E-state index is 0. The minimum atomic E-state index is -4.48. The molecule has 0 aromatic carbocycles. The summed E-state index contributed by atoms with van der Waals surface area (Å²) in [6, 6.07) is 0. The summed E-state index contributed by atoms with van der Waals surface area (Å²) in [5.41, 5.74) is 0. The number of halogens is 1. The molecule has 4 N–H and O–H groups in total. The monoisotopic (exact) mass is 341 g/mol. The van der Waals surface area contributed by atoms with Gasteiger partial charge in [0.15, 0.2) is 0 Å². The third-order valence-electron chi connectivity index (χ3n) is 2.73. The Labute approximate surface area is 152 Å². The van der Waals surface area contributed by atoms with Gasteiger partial charge in [0.05, 0.1) is 6.61 Å². The van der Waals surface area contributed by atoms with Crippen LogP contribution in [0.4, 0.5) is 0 Å². The smallest absolute Gasteiger partial charge is 1.00 e. The number of rotatable bonds is 12. The molecule has 0 aromatic heterocycles. The van der Waals surface area contributed by atoms with Crippen LogP contribution in [0.5, 0.6) is 0 Å². The summed E-state index contributed by atoms with van der Waals surface area (Å²) in [6.07, 6.45) is 11.7. The van der Waals surface area contributed by atoms with E-state index in [2.05, 4.69) is 11.1 Å². The van der Waals surface area contributed by atoms with Crippen LogP contribution >= 0.6 is 0 Å². The third-order valence-corrected chi connectivity index (χ3v) is 3.18. The fourth-order valence-electron chi connectivity index (χ4n) is 1.75. The minimum Gasteiger partial charge on any atom is -1.00 e. The molecule has 0 bridgehead atoms. The summed E-state index contributed by atoms with van der Waals surface area (Å²) < 4.78 is 34.5. The maximum Gasteiger partial charge on any atom is 1.00 e. The van der Waals surface area contributed by atoms with Crippen LogP contribution in [0.1, 0.15) is 71.1 Å². The quantitative estimate of drug-likeness (QED) is 0.188. The van der Waals surface area contributed by atoms with Crippen LogP contribution in [0.3, 0.4) is 0 Å². The third kappa shape index (κ3) is 27.5. The van der Waals surface area contributed by atoms with Crippen molar-refractivity contribution in [1.29, 1.82) is 0 Å². The molecule has 0 aliphatic heterocycles. The molecule has 0 spiro atoms. The molecule has 5 nitrogen and oxygen atoms in total. The first-order chi connectivity index (χ1) is 8.06.